The van der Waals surface area contributed by atoms with Crippen molar-refractivity contribution in [2.24, 2.45) is 0 Å². The molecule has 3 rings (SSSR count). The van der Waals surface area contributed by atoms with Crippen LogP contribution in [0.1, 0.15) is 21.5 Å². The number of aryl methyl sites for hydroxylation is 1. The fourth-order valence-corrected chi connectivity index (χ4v) is 2.32. The van der Waals surface area contributed by atoms with Gasteiger partial charge in [-0.05, 0) is 18.6 Å². The molecule has 0 N–H and O–H groups in total. The van der Waals surface area contributed by atoms with Crippen molar-refractivity contribution in [2.75, 3.05) is 0 Å². The van der Waals surface area contributed by atoms with Gasteiger partial charge in [0.15, 0.2) is 5.78 Å². The lowest BCUT2D eigenvalue weighted by Crippen LogP contribution is -2.04. The summed E-state index contributed by atoms with van der Waals surface area (Å²) >= 11 is 0. The molecule has 1 aromatic heterocycles. The van der Waals surface area contributed by atoms with Crippen molar-refractivity contribution < 1.29 is 4.79 Å². The van der Waals surface area contributed by atoms with Crippen molar-refractivity contribution in [1.29, 1.82) is 0 Å². The minimum atomic E-state index is 0.128. The molecule has 0 saturated heterocycles. The molecule has 0 bridgehead atoms. The predicted molar refractivity (Wildman–Crippen MR) is 81.0 cm³/mol. The molecule has 1 heterocycles. The summed E-state index contributed by atoms with van der Waals surface area (Å²) in [4.78, 5) is 16.7. The molecular formula is C18H15NO. The summed E-state index contributed by atoms with van der Waals surface area (Å²) in [6.45, 7) is 2.02. The molecule has 2 heteroatoms. The monoisotopic (exact) mass is 261 g/mol. The Bertz CT molecular complexity index is 754. The lowest BCUT2D eigenvalue weighted by molar-refractivity contribution is 0.0993. The van der Waals surface area contributed by atoms with Gasteiger partial charge in [0.1, 0.15) is 0 Å². The molecule has 2 aromatic carbocycles. The number of Topliss-reactive ketones (excluding diaryl/α,β-unsaturated/α-hetero) is 1. The topological polar surface area (TPSA) is 30.0 Å². The average molecular weight is 261 g/mol. The molecule has 0 radical (unpaired) electrons. The van der Waals surface area contributed by atoms with E-state index >= 15 is 0 Å². The molecule has 0 aliphatic rings. The number of ketones is 1. The molecule has 20 heavy (non-hydrogen) atoms. The highest BCUT2D eigenvalue weighted by atomic mass is 16.1. The van der Waals surface area contributed by atoms with E-state index in [-0.39, 0.29) is 5.78 Å². The van der Waals surface area contributed by atoms with E-state index < -0.39 is 0 Å². The Morgan fingerprint density at radius 1 is 1.00 bits per heavy atom. The highest BCUT2D eigenvalue weighted by Gasteiger charge is 2.09. The van der Waals surface area contributed by atoms with Crippen LogP contribution in [0.15, 0.2) is 60.8 Å². The zero-order chi connectivity index (χ0) is 13.9. The standard InChI is InChI=1S/C18H15NO/c1-13-7-9-14(10-8-13)17(20)12-16-5-2-4-15-6-3-11-19-18(15)16/h2-11H,12H2,1H3. The number of para-hydroxylation sites is 1. The maximum atomic E-state index is 12.3. The van der Waals surface area contributed by atoms with E-state index in [4.69, 9.17) is 0 Å². The van der Waals surface area contributed by atoms with Crippen molar-refractivity contribution in [3.63, 3.8) is 0 Å². The summed E-state index contributed by atoms with van der Waals surface area (Å²) < 4.78 is 0. The first kappa shape index (κ1) is 12.5. The van der Waals surface area contributed by atoms with Crippen molar-refractivity contribution in [2.45, 2.75) is 13.3 Å². The second kappa shape index (κ2) is 5.25. The van der Waals surface area contributed by atoms with Crippen LogP contribution in [0.4, 0.5) is 0 Å². The average Bonchev–Trinajstić information content (AvgIpc) is 2.48. The first-order chi connectivity index (χ1) is 9.74. The van der Waals surface area contributed by atoms with Gasteiger partial charge < -0.3 is 0 Å². The van der Waals surface area contributed by atoms with Crippen LogP contribution in [-0.2, 0) is 6.42 Å². The third kappa shape index (κ3) is 2.45. The Morgan fingerprint density at radius 2 is 1.75 bits per heavy atom. The van der Waals surface area contributed by atoms with Crippen molar-refractivity contribution in [3.05, 3.63) is 77.5 Å². The Labute approximate surface area is 118 Å². The molecule has 0 atom stereocenters. The number of fused-ring (bicyclic) bond motifs is 1. The number of pyridine rings is 1. The predicted octanol–water partition coefficient (Wildman–Crippen LogP) is 3.97. The second-order valence-corrected chi connectivity index (χ2v) is 4.96. The molecule has 98 valence electrons. The van der Waals surface area contributed by atoms with Gasteiger partial charge in [0.05, 0.1) is 5.52 Å². The lowest BCUT2D eigenvalue weighted by Gasteiger charge is -2.05. The van der Waals surface area contributed by atoms with Crippen LogP contribution in [0.5, 0.6) is 0 Å². The van der Waals surface area contributed by atoms with Gasteiger partial charge in [0.25, 0.3) is 0 Å². The summed E-state index contributed by atoms with van der Waals surface area (Å²) in [7, 11) is 0. The largest absolute Gasteiger partial charge is 0.294 e. The zero-order valence-electron chi connectivity index (χ0n) is 11.3. The zero-order valence-corrected chi connectivity index (χ0v) is 11.3. The molecule has 0 fully saturated rings. The summed E-state index contributed by atoms with van der Waals surface area (Å²) in [6.07, 6.45) is 2.15. The van der Waals surface area contributed by atoms with Gasteiger partial charge in [-0.1, -0.05) is 54.1 Å². The SMILES string of the molecule is Cc1ccc(C(=O)Cc2cccc3cccnc23)cc1. The van der Waals surface area contributed by atoms with Gasteiger partial charge in [-0.15, -0.1) is 0 Å². The van der Waals surface area contributed by atoms with Crippen LogP contribution in [0.25, 0.3) is 10.9 Å². The minimum Gasteiger partial charge on any atom is -0.294 e. The van der Waals surface area contributed by atoms with Gasteiger partial charge in [0, 0.05) is 23.6 Å². The number of aromatic nitrogens is 1. The first-order valence-corrected chi connectivity index (χ1v) is 6.66. The molecule has 2 nitrogen and oxygen atoms in total. The van der Waals surface area contributed by atoms with Gasteiger partial charge in [-0.25, -0.2) is 0 Å². The molecule has 0 aliphatic carbocycles. The molecular weight excluding hydrogens is 246 g/mol. The van der Waals surface area contributed by atoms with Crippen molar-refractivity contribution in [3.8, 4) is 0 Å². The Balaban J connectivity index is 1.93. The minimum absolute atomic E-state index is 0.128. The van der Waals surface area contributed by atoms with Gasteiger partial charge in [-0.3, -0.25) is 9.78 Å². The van der Waals surface area contributed by atoms with E-state index in [1.807, 2.05) is 61.5 Å². The smallest absolute Gasteiger partial charge is 0.167 e. The third-order valence-corrected chi connectivity index (χ3v) is 3.44. The molecule has 0 aliphatic heterocycles. The highest BCUT2D eigenvalue weighted by Crippen LogP contribution is 2.18. The van der Waals surface area contributed by atoms with Crippen LogP contribution in [0, 0.1) is 6.92 Å². The quantitative estimate of drug-likeness (QED) is 0.668. The van der Waals surface area contributed by atoms with Crippen LogP contribution < -0.4 is 0 Å². The molecule has 0 saturated carbocycles. The Hall–Kier alpha value is -2.48. The van der Waals surface area contributed by atoms with Crippen LogP contribution >= 0.6 is 0 Å². The molecule has 3 aromatic rings. The normalized spacial score (nSPS) is 10.7. The van der Waals surface area contributed by atoms with Crippen LogP contribution in [-0.4, -0.2) is 10.8 Å². The molecule has 0 amide bonds. The number of hydrogen-bond donors (Lipinski definition) is 0. The number of rotatable bonds is 3. The summed E-state index contributed by atoms with van der Waals surface area (Å²) in [5.74, 6) is 0.128. The maximum absolute atomic E-state index is 12.3. The number of hydrogen-bond acceptors (Lipinski definition) is 2. The van der Waals surface area contributed by atoms with E-state index in [0.29, 0.717) is 6.42 Å². The fraction of sp³-hybridized carbons (Fsp3) is 0.111. The maximum Gasteiger partial charge on any atom is 0.167 e. The Morgan fingerprint density at radius 3 is 2.55 bits per heavy atom. The van der Waals surface area contributed by atoms with Gasteiger partial charge in [0.2, 0.25) is 0 Å². The number of benzene rings is 2. The molecule has 0 unspecified atom stereocenters. The highest BCUT2D eigenvalue weighted by molar-refractivity contribution is 5.99. The summed E-state index contributed by atoms with van der Waals surface area (Å²) in [5.41, 5.74) is 3.81. The van der Waals surface area contributed by atoms with Crippen LogP contribution in [0.2, 0.25) is 0 Å². The summed E-state index contributed by atoms with van der Waals surface area (Å²) in [5, 5.41) is 1.07. The fourth-order valence-electron chi connectivity index (χ4n) is 2.32. The van der Waals surface area contributed by atoms with E-state index in [0.717, 1.165) is 27.6 Å². The first-order valence-electron chi connectivity index (χ1n) is 6.66. The third-order valence-electron chi connectivity index (χ3n) is 3.44. The van der Waals surface area contributed by atoms with E-state index in [1.165, 1.54) is 0 Å². The molecule has 0 spiro atoms. The van der Waals surface area contributed by atoms with Crippen molar-refractivity contribution >= 4 is 16.7 Å². The van der Waals surface area contributed by atoms with Crippen molar-refractivity contribution in [1.82, 2.24) is 4.98 Å². The summed E-state index contributed by atoms with van der Waals surface area (Å²) in [6, 6.07) is 17.6. The van der Waals surface area contributed by atoms with Gasteiger partial charge in [-0.2, -0.15) is 0 Å². The van der Waals surface area contributed by atoms with E-state index in [1.54, 1.807) is 6.20 Å². The van der Waals surface area contributed by atoms with Gasteiger partial charge >= 0.3 is 0 Å². The number of carbonyl (C=O) groups excluding carboxylic acids is 1. The lowest BCUT2D eigenvalue weighted by atomic mass is 10.00. The number of nitrogens with zero attached hydrogens (tertiary/aromatic N) is 1. The van der Waals surface area contributed by atoms with E-state index in [2.05, 4.69) is 4.98 Å². The Kier molecular flexibility index (Phi) is 3.30. The van der Waals surface area contributed by atoms with Crippen LogP contribution in [0.3, 0.4) is 0 Å². The second-order valence-electron chi connectivity index (χ2n) is 4.96. The number of carbonyl (C=O) groups is 1. The van der Waals surface area contributed by atoms with E-state index in [9.17, 15) is 4.79 Å².